The molecule has 0 bridgehead atoms. The van der Waals surface area contributed by atoms with Crippen LogP contribution in [0.25, 0.3) is 0 Å². The van der Waals surface area contributed by atoms with Crippen molar-refractivity contribution < 1.29 is 13.2 Å². The second-order valence-electron chi connectivity index (χ2n) is 5.49. The minimum Gasteiger partial charge on any atom is -0.374 e. The Morgan fingerprint density at radius 3 is 2.33 bits per heavy atom. The molecule has 0 aromatic heterocycles. The molecule has 0 aliphatic heterocycles. The van der Waals surface area contributed by atoms with E-state index < -0.39 is 17.5 Å². The second-order valence-corrected chi connectivity index (χ2v) is 5.49. The van der Waals surface area contributed by atoms with Crippen LogP contribution in [0, 0.1) is 17.5 Å². The Bertz CT molecular complexity index is 659. The molecule has 0 radical (unpaired) electrons. The summed E-state index contributed by atoms with van der Waals surface area (Å²) in [6, 6.07) is 7.24. The van der Waals surface area contributed by atoms with Crippen molar-refractivity contribution in [1.82, 2.24) is 0 Å². The Morgan fingerprint density at radius 2 is 1.62 bits per heavy atom. The number of benzene rings is 2. The molecule has 4 heteroatoms. The summed E-state index contributed by atoms with van der Waals surface area (Å²) in [5.74, 6) is -2.75. The first kappa shape index (κ1) is 14.0. The number of halogens is 3. The van der Waals surface area contributed by atoms with Crippen LogP contribution in [0.2, 0.25) is 0 Å². The van der Waals surface area contributed by atoms with Crippen LogP contribution in [0.15, 0.2) is 30.3 Å². The largest absolute Gasteiger partial charge is 0.374 e. The summed E-state index contributed by atoms with van der Waals surface area (Å²) < 4.78 is 40.2. The fourth-order valence-corrected chi connectivity index (χ4v) is 2.84. The van der Waals surface area contributed by atoms with E-state index in [4.69, 9.17) is 0 Å². The highest BCUT2D eigenvalue weighted by Gasteiger charge is 2.17. The van der Waals surface area contributed by atoms with E-state index in [-0.39, 0.29) is 11.7 Å². The van der Waals surface area contributed by atoms with Gasteiger partial charge in [-0.05, 0) is 42.9 Å². The molecule has 1 nitrogen and oxygen atoms in total. The Morgan fingerprint density at radius 1 is 0.952 bits per heavy atom. The van der Waals surface area contributed by atoms with Crippen molar-refractivity contribution >= 4 is 5.69 Å². The van der Waals surface area contributed by atoms with Crippen LogP contribution in [0.4, 0.5) is 18.9 Å². The van der Waals surface area contributed by atoms with E-state index in [2.05, 4.69) is 17.4 Å². The van der Waals surface area contributed by atoms with E-state index in [1.165, 1.54) is 11.1 Å². The normalized spacial score (nSPS) is 14.9. The minimum absolute atomic E-state index is 0.259. The lowest BCUT2D eigenvalue weighted by atomic mass is 10.0. The monoisotopic (exact) mass is 291 g/mol. The van der Waals surface area contributed by atoms with Gasteiger partial charge in [0.1, 0.15) is 11.5 Å². The molecule has 1 aliphatic carbocycles. The molecular formula is C17H16F3N. The van der Waals surface area contributed by atoms with Gasteiger partial charge >= 0.3 is 0 Å². The third-order valence-corrected chi connectivity index (χ3v) is 3.99. The Balaban J connectivity index is 1.85. The molecular weight excluding hydrogens is 275 g/mol. The number of hydrogen-bond donors (Lipinski definition) is 1. The SMILES string of the molecule is CC(Nc1c(F)cc(F)cc1F)c1ccc2c(c1)CCC2. The van der Waals surface area contributed by atoms with Crippen molar-refractivity contribution in [3.05, 3.63) is 64.5 Å². The van der Waals surface area contributed by atoms with E-state index in [1.807, 2.05) is 13.0 Å². The van der Waals surface area contributed by atoms with Gasteiger partial charge in [-0.25, -0.2) is 13.2 Å². The zero-order chi connectivity index (χ0) is 15.0. The molecule has 0 saturated heterocycles. The minimum atomic E-state index is -0.916. The van der Waals surface area contributed by atoms with E-state index >= 15 is 0 Å². The molecule has 0 saturated carbocycles. The van der Waals surface area contributed by atoms with Gasteiger partial charge in [0.05, 0.1) is 0 Å². The third kappa shape index (κ3) is 2.75. The van der Waals surface area contributed by atoms with Crippen molar-refractivity contribution in [3.63, 3.8) is 0 Å². The van der Waals surface area contributed by atoms with Crippen molar-refractivity contribution in [2.75, 3.05) is 5.32 Å². The van der Waals surface area contributed by atoms with Crippen LogP contribution < -0.4 is 5.32 Å². The van der Waals surface area contributed by atoms with Gasteiger partial charge in [-0.15, -0.1) is 0 Å². The Labute approximate surface area is 121 Å². The zero-order valence-electron chi connectivity index (χ0n) is 11.7. The molecule has 3 rings (SSSR count). The standard InChI is InChI=1S/C17H16F3N/c1-10(12-6-5-11-3-2-4-13(11)7-12)21-17-15(19)8-14(18)9-16(17)20/h5-10,21H,2-4H2,1H3. The third-order valence-electron chi connectivity index (χ3n) is 3.99. The number of fused-ring (bicyclic) bond motifs is 1. The van der Waals surface area contributed by atoms with Crippen molar-refractivity contribution in [1.29, 1.82) is 0 Å². The maximum atomic E-state index is 13.7. The zero-order valence-corrected chi connectivity index (χ0v) is 11.7. The summed E-state index contributed by atoms with van der Waals surface area (Å²) >= 11 is 0. The second kappa shape index (κ2) is 5.43. The number of aryl methyl sites for hydroxylation is 2. The number of nitrogens with one attached hydrogen (secondary N) is 1. The highest BCUT2D eigenvalue weighted by Crippen LogP contribution is 2.29. The highest BCUT2D eigenvalue weighted by atomic mass is 19.1. The molecule has 0 heterocycles. The van der Waals surface area contributed by atoms with E-state index in [9.17, 15) is 13.2 Å². The smallest absolute Gasteiger partial charge is 0.152 e. The fourth-order valence-electron chi connectivity index (χ4n) is 2.84. The average molecular weight is 291 g/mol. The average Bonchev–Trinajstić information content (AvgIpc) is 2.89. The quantitative estimate of drug-likeness (QED) is 0.859. The molecule has 2 aromatic carbocycles. The lowest BCUT2D eigenvalue weighted by molar-refractivity contribution is 0.545. The van der Waals surface area contributed by atoms with Gasteiger partial charge in [-0.3, -0.25) is 0 Å². The summed E-state index contributed by atoms with van der Waals surface area (Å²) in [6.45, 7) is 1.83. The van der Waals surface area contributed by atoms with Crippen LogP contribution >= 0.6 is 0 Å². The predicted molar refractivity (Wildman–Crippen MR) is 76.8 cm³/mol. The van der Waals surface area contributed by atoms with Crippen LogP contribution in [0.3, 0.4) is 0 Å². The maximum Gasteiger partial charge on any atom is 0.152 e. The molecule has 0 spiro atoms. The molecule has 1 N–H and O–H groups in total. The highest BCUT2D eigenvalue weighted by molar-refractivity contribution is 5.49. The van der Waals surface area contributed by atoms with Crippen LogP contribution in [-0.4, -0.2) is 0 Å². The molecule has 21 heavy (non-hydrogen) atoms. The van der Waals surface area contributed by atoms with Gasteiger partial charge in [0.15, 0.2) is 11.6 Å². The first-order valence-corrected chi connectivity index (χ1v) is 7.07. The van der Waals surface area contributed by atoms with Gasteiger partial charge < -0.3 is 5.32 Å². The first-order chi connectivity index (χ1) is 10.0. The first-order valence-electron chi connectivity index (χ1n) is 7.07. The molecule has 2 aromatic rings. The van der Waals surface area contributed by atoms with Crippen molar-refractivity contribution in [3.8, 4) is 0 Å². The summed E-state index contributed by atoms with van der Waals surface area (Å²) in [7, 11) is 0. The van der Waals surface area contributed by atoms with Crippen LogP contribution in [0.5, 0.6) is 0 Å². The topological polar surface area (TPSA) is 12.0 Å². The molecule has 1 aliphatic rings. The van der Waals surface area contributed by atoms with E-state index in [0.717, 1.165) is 24.8 Å². The fraction of sp³-hybridized carbons (Fsp3) is 0.294. The molecule has 1 unspecified atom stereocenters. The van der Waals surface area contributed by atoms with E-state index in [0.29, 0.717) is 12.1 Å². The molecule has 0 fully saturated rings. The number of rotatable bonds is 3. The van der Waals surface area contributed by atoms with Crippen LogP contribution in [0.1, 0.15) is 36.1 Å². The van der Waals surface area contributed by atoms with Gasteiger partial charge in [-0.2, -0.15) is 0 Å². The van der Waals surface area contributed by atoms with E-state index in [1.54, 1.807) is 0 Å². The molecule has 1 atom stereocenters. The number of anilines is 1. The lowest BCUT2D eigenvalue weighted by Gasteiger charge is -2.18. The Hall–Kier alpha value is -1.97. The van der Waals surface area contributed by atoms with Crippen molar-refractivity contribution in [2.24, 2.45) is 0 Å². The van der Waals surface area contributed by atoms with Gasteiger partial charge in [0, 0.05) is 18.2 Å². The molecule has 110 valence electrons. The summed E-state index contributed by atoms with van der Waals surface area (Å²) in [5, 5.41) is 2.80. The van der Waals surface area contributed by atoms with Crippen molar-refractivity contribution in [2.45, 2.75) is 32.2 Å². The predicted octanol–water partition coefficient (Wildman–Crippen LogP) is 4.77. The van der Waals surface area contributed by atoms with Crippen LogP contribution in [-0.2, 0) is 12.8 Å². The molecule has 0 amide bonds. The summed E-state index contributed by atoms with van der Waals surface area (Å²) in [5.41, 5.74) is 3.34. The summed E-state index contributed by atoms with van der Waals surface area (Å²) in [6.07, 6.45) is 3.30. The van der Waals surface area contributed by atoms with Gasteiger partial charge in [0.2, 0.25) is 0 Å². The van der Waals surface area contributed by atoms with Gasteiger partial charge in [-0.1, -0.05) is 18.2 Å². The number of hydrogen-bond acceptors (Lipinski definition) is 1. The lowest BCUT2D eigenvalue weighted by Crippen LogP contribution is -2.10. The van der Waals surface area contributed by atoms with Gasteiger partial charge in [0.25, 0.3) is 0 Å². The Kier molecular flexibility index (Phi) is 3.62. The maximum absolute atomic E-state index is 13.7. The summed E-state index contributed by atoms with van der Waals surface area (Å²) in [4.78, 5) is 0.